The molecule has 2 aromatic carbocycles. The van der Waals surface area contributed by atoms with E-state index < -0.39 is 0 Å². The lowest BCUT2D eigenvalue weighted by atomic mass is 9.99. The highest BCUT2D eigenvalue weighted by Crippen LogP contribution is 2.35. The van der Waals surface area contributed by atoms with Crippen molar-refractivity contribution in [3.63, 3.8) is 0 Å². The van der Waals surface area contributed by atoms with Crippen molar-refractivity contribution in [3.05, 3.63) is 82.9 Å². The fourth-order valence-corrected chi connectivity index (χ4v) is 2.96. The smallest absolute Gasteiger partial charge is 0.117 e. The first-order valence-corrected chi connectivity index (χ1v) is 9.32. The van der Waals surface area contributed by atoms with Crippen LogP contribution in [0.3, 0.4) is 0 Å². The minimum atomic E-state index is -0.127. The van der Waals surface area contributed by atoms with Gasteiger partial charge in [0.1, 0.15) is 6.10 Å². The molecule has 0 N–H and O–H groups in total. The average molecular weight is 356 g/mol. The molecule has 2 nitrogen and oxygen atoms in total. The number of fused-ring (bicyclic) bond motifs is 1. The number of unbranched alkanes of at least 4 members (excludes halogenated alkanes) is 2. The number of allylic oxidation sites excluding steroid dienone is 1. The van der Waals surface area contributed by atoms with E-state index in [1.807, 2.05) is 48.5 Å². The Bertz CT molecular complexity index is 888. The number of rotatable bonds is 5. The standard InChI is InChI=1S/C25H24O2/c1-26-19-10-3-2-7-15-22(17-11-14-21-12-5-4-6-13-21)25-24-18-9-8-16-23(24)20-27-25/h4-6,8-9,12-13,16-18,25H,2-3,10,19-20H2,1H3/b22-17+. The first-order chi connectivity index (χ1) is 13.4. The Hall–Kier alpha value is -2.78. The summed E-state index contributed by atoms with van der Waals surface area (Å²) in [5.74, 6) is 12.9. The van der Waals surface area contributed by atoms with Crippen LogP contribution in [0.2, 0.25) is 0 Å². The lowest BCUT2D eigenvalue weighted by molar-refractivity contribution is 0.0942. The molecule has 1 aliphatic rings. The topological polar surface area (TPSA) is 18.5 Å². The van der Waals surface area contributed by atoms with Gasteiger partial charge in [0.15, 0.2) is 0 Å². The van der Waals surface area contributed by atoms with Crippen LogP contribution in [0.15, 0.2) is 66.2 Å². The SMILES string of the molecule is COCCCCC#C/C(=C\C#Cc1ccccc1)C1OCc2ccccc21. The van der Waals surface area contributed by atoms with E-state index in [-0.39, 0.29) is 6.10 Å². The van der Waals surface area contributed by atoms with Gasteiger partial charge in [0, 0.05) is 37.4 Å². The Kier molecular flexibility index (Phi) is 7.31. The van der Waals surface area contributed by atoms with Crippen molar-refractivity contribution in [1.29, 1.82) is 0 Å². The fourth-order valence-electron chi connectivity index (χ4n) is 2.96. The number of hydrogen-bond donors (Lipinski definition) is 0. The highest BCUT2D eigenvalue weighted by Gasteiger charge is 2.25. The highest BCUT2D eigenvalue weighted by molar-refractivity contribution is 5.47. The fraction of sp³-hybridized carbons (Fsp3) is 0.280. The van der Waals surface area contributed by atoms with Crippen LogP contribution in [-0.2, 0) is 16.1 Å². The van der Waals surface area contributed by atoms with E-state index >= 15 is 0 Å². The third kappa shape index (κ3) is 5.60. The number of methoxy groups -OCH3 is 1. The molecule has 1 unspecified atom stereocenters. The third-order valence-corrected chi connectivity index (χ3v) is 4.38. The maximum Gasteiger partial charge on any atom is 0.117 e. The molecule has 2 aromatic rings. The summed E-state index contributed by atoms with van der Waals surface area (Å²) in [5, 5.41) is 0. The summed E-state index contributed by atoms with van der Waals surface area (Å²) in [6, 6.07) is 18.3. The van der Waals surface area contributed by atoms with Crippen LogP contribution in [0.1, 0.15) is 42.1 Å². The largest absolute Gasteiger partial charge is 0.385 e. The van der Waals surface area contributed by atoms with E-state index in [1.54, 1.807) is 7.11 Å². The predicted octanol–water partition coefficient (Wildman–Crippen LogP) is 5.06. The molecule has 136 valence electrons. The van der Waals surface area contributed by atoms with Crippen LogP contribution in [0, 0.1) is 23.7 Å². The molecule has 1 atom stereocenters. The molecular weight excluding hydrogens is 332 g/mol. The van der Waals surface area contributed by atoms with Crippen LogP contribution in [0.5, 0.6) is 0 Å². The Morgan fingerprint density at radius 3 is 2.78 bits per heavy atom. The van der Waals surface area contributed by atoms with E-state index in [4.69, 9.17) is 9.47 Å². The quantitative estimate of drug-likeness (QED) is 0.551. The first-order valence-electron chi connectivity index (χ1n) is 9.32. The van der Waals surface area contributed by atoms with E-state index in [9.17, 15) is 0 Å². The average Bonchev–Trinajstić information content (AvgIpc) is 3.14. The number of benzene rings is 2. The molecule has 0 fully saturated rings. The summed E-state index contributed by atoms with van der Waals surface area (Å²) >= 11 is 0. The summed E-state index contributed by atoms with van der Waals surface area (Å²) in [4.78, 5) is 0. The van der Waals surface area contributed by atoms with Crippen LogP contribution in [0.25, 0.3) is 0 Å². The molecule has 0 spiro atoms. The van der Waals surface area contributed by atoms with Gasteiger partial charge < -0.3 is 9.47 Å². The second-order valence-electron chi connectivity index (χ2n) is 6.38. The van der Waals surface area contributed by atoms with E-state index in [0.29, 0.717) is 6.61 Å². The minimum Gasteiger partial charge on any atom is -0.385 e. The Morgan fingerprint density at radius 2 is 1.93 bits per heavy atom. The molecule has 3 rings (SSSR count). The maximum absolute atomic E-state index is 6.03. The van der Waals surface area contributed by atoms with E-state index in [1.165, 1.54) is 11.1 Å². The summed E-state index contributed by atoms with van der Waals surface area (Å²) in [6.45, 7) is 1.41. The predicted molar refractivity (Wildman–Crippen MR) is 109 cm³/mol. The van der Waals surface area contributed by atoms with Crippen LogP contribution in [-0.4, -0.2) is 13.7 Å². The second kappa shape index (κ2) is 10.4. The van der Waals surface area contributed by atoms with Crippen LogP contribution in [0.4, 0.5) is 0 Å². The van der Waals surface area contributed by atoms with Crippen molar-refractivity contribution in [2.45, 2.75) is 32.0 Å². The molecule has 27 heavy (non-hydrogen) atoms. The minimum absolute atomic E-state index is 0.127. The van der Waals surface area contributed by atoms with Gasteiger partial charge in [0.05, 0.1) is 6.61 Å². The van der Waals surface area contributed by atoms with Crippen molar-refractivity contribution in [2.24, 2.45) is 0 Å². The van der Waals surface area contributed by atoms with E-state index in [2.05, 4.69) is 35.8 Å². The zero-order valence-electron chi connectivity index (χ0n) is 15.7. The van der Waals surface area contributed by atoms with Crippen molar-refractivity contribution < 1.29 is 9.47 Å². The lowest BCUT2D eigenvalue weighted by Gasteiger charge is -2.10. The van der Waals surface area contributed by atoms with Gasteiger partial charge in [-0.05, 0) is 36.1 Å². The molecular formula is C25H24O2. The summed E-state index contributed by atoms with van der Waals surface area (Å²) in [6.07, 6.45) is 4.69. The first kappa shape index (κ1) is 19.0. The normalized spacial score (nSPS) is 15.3. The highest BCUT2D eigenvalue weighted by atomic mass is 16.5. The summed E-state index contributed by atoms with van der Waals surface area (Å²) in [7, 11) is 1.73. The van der Waals surface area contributed by atoms with Gasteiger partial charge in [-0.25, -0.2) is 0 Å². The zero-order chi connectivity index (χ0) is 18.7. The molecule has 0 aromatic heterocycles. The molecule has 2 heteroatoms. The number of ether oxygens (including phenoxy) is 2. The number of hydrogen-bond acceptors (Lipinski definition) is 2. The van der Waals surface area contributed by atoms with Crippen molar-refractivity contribution in [1.82, 2.24) is 0 Å². The Labute approximate surface area is 162 Å². The van der Waals surface area contributed by atoms with Crippen molar-refractivity contribution in [3.8, 4) is 23.7 Å². The Balaban J connectivity index is 1.78. The van der Waals surface area contributed by atoms with Gasteiger partial charge in [0.2, 0.25) is 0 Å². The van der Waals surface area contributed by atoms with Gasteiger partial charge in [-0.3, -0.25) is 0 Å². The second-order valence-corrected chi connectivity index (χ2v) is 6.38. The summed E-state index contributed by atoms with van der Waals surface area (Å²) < 4.78 is 11.1. The van der Waals surface area contributed by atoms with Gasteiger partial charge in [-0.1, -0.05) is 66.1 Å². The van der Waals surface area contributed by atoms with Crippen molar-refractivity contribution >= 4 is 0 Å². The van der Waals surface area contributed by atoms with E-state index in [0.717, 1.165) is 37.0 Å². The third-order valence-electron chi connectivity index (χ3n) is 4.38. The zero-order valence-corrected chi connectivity index (χ0v) is 15.7. The molecule has 0 aliphatic carbocycles. The monoisotopic (exact) mass is 356 g/mol. The molecule has 0 saturated carbocycles. The van der Waals surface area contributed by atoms with Gasteiger partial charge in [-0.15, -0.1) is 0 Å². The van der Waals surface area contributed by atoms with Gasteiger partial charge in [-0.2, -0.15) is 0 Å². The van der Waals surface area contributed by atoms with Crippen LogP contribution >= 0.6 is 0 Å². The molecule has 1 aliphatic heterocycles. The van der Waals surface area contributed by atoms with Crippen molar-refractivity contribution in [2.75, 3.05) is 13.7 Å². The lowest BCUT2D eigenvalue weighted by Crippen LogP contribution is -1.99. The Morgan fingerprint density at radius 1 is 1.11 bits per heavy atom. The molecule has 0 bridgehead atoms. The molecule has 0 amide bonds. The van der Waals surface area contributed by atoms with Gasteiger partial charge >= 0.3 is 0 Å². The maximum atomic E-state index is 6.03. The van der Waals surface area contributed by atoms with Crippen LogP contribution < -0.4 is 0 Å². The molecule has 0 saturated heterocycles. The molecule has 0 radical (unpaired) electrons. The molecule has 1 heterocycles. The van der Waals surface area contributed by atoms with Gasteiger partial charge in [0.25, 0.3) is 0 Å². The summed E-state index contributed by atoms with van der Waals surface area (Å²) in [5.41, 5.74) is 4.34.